The second-order valence-corrected chi connectivity index (χ2v) is 8.10. The van der Waals surface area contributed by atoms with Gasteiger partial charge in [0.25, 0.3) is 0 Å². The highest BCUT2D eigenvalue weighted by atomic mass is 32.2. The first kappa shape index (κ1) is 21.2. The minimum Gasteiger partial charge on any atom is -0.492 e. The highest BCUT2D eigenvalue weighted by molar-refractivity contribution is 7.89. The van der Waals surface area contributed by atoms with E-state index in [0.717, 1.165) is 4.31 Å². The van der Waals surface area contributed by atoms with Crippen molar-refractivity contribution in [3.63, 3.8) is 0 Å². The highest BCUT2D eigenvalue weighted by Crippen LogP contribution is 2.29. The van der Waals surface area contributed by atoms with Gasteiger partial charge in [0.2, 0.25) is 15.9 Å². The molecule has 2 rings (SSSR count). The molecule has 2 N–H and O–H groups in total. The van der Waals surface area contributed by atoms with E-state index in [4.69, 9.17) is 10.00 Å². The number of hydrogen-bond donors (Lipinski definition) is 2. The molecule has 2 aromatic rings. The minimum atomic E-state index is -3.71. The van der Waals surface area contributed by atoms with Crippen LogP contribution in [0.1, 0.15) is 12.5 Å². The van der Waals surface area contributed by atoms with E-state index in [0.29, 0.717) is 23.5 Å². The van der Waals surface area contributed by atoms with Crippen LogP contribution in [0.2, 0.25) is 0 Å². The molecule has 1 amide bonds. The Balaban J connectivity index is 2.13. The SMILES string of the molecule is CCOc1ccc(NCC(=O)Nc2cccc(C#N)c2)cc1S(=O)(=O)N(C)C. The second-order valence-electron chi connectivity index (χ2n) is 5.98. The smallest absolute Gasteiger partial charge is 0.246 e. The van der Waals surface area contributed by atoms with Gasteiger partial charge in [-0.2, -0.15) is 5.26 Å². The molecule has 28 heavy (non-hydrogen) atoms. The lowest BCUT2D eigenvalue weighted by Gasteiger charge is -2.17. The zero-order chi connectivity index (χ0) is 20.7. The van der Waals surface area contributed by atoms with Crippen LogP contribution >= 0.6 is 0 Å². The first-order valence-electron chi connectivity index (χ1n) is 8.51. The van der Waals surface area contributed by atoms with Gasteiger partial charge in [0.05, 0.1) is 24.8 Å². The van der Waals surface area contributed by atoms with E-state index in [-0.39, 0.29) is 23.1 Å². The number of ether oxygens (including phenoxy) is 1. The molecule has 0 spiro atoms. The maximum Gasteiger partial charge on any atom is 0.246 e. The number of nitrogens with zero attached hydrogens (tertiary/aromatic N) is 2. The summed E-state index contributed by atoms with van der Waals surface area (Å²) in [5.41, 5.74) is 1.41. The molecule has 0 saturated carbocycles. The Morgan fingerprint density at radius 3 is 2.57 bits per heavy atom. The van der Waals surface area contributed by atoms with E-state index in [2.05, 4.69) is 10.6 Å². The molecule has 0 unspecified atom stereocenters. The van der Waals surface area contributed by atoms with Gasteiger partial charge in [-0.3, -0.25) is 4.79 Å². The van der Waals surface area contributed by atoms with E-state index in [9.17, 15) is 13.2 Å². The Morgan fingerprint density at radius 1 is 1.18 bits per heavy atom. The van der Waals surface area contributed by atoms with E-state index in [1.54, 1.807) is 43.3 Å². The van der Waals surface area contributed by atoms with Crippen molar-refractivity contribution < 1.29 is 17.9 Å². The summed E-state index contributed by atoms with van der Waals surface area (Å²) in [7, 11) is -0.833. The van der Waals surface area contributed by atoms with Gasteiger partial charge in [0.1, 0.15) is 10.6 Å². The summed E-state index contributed by atoms with van der Waals surface area (Å²) in [4.78, 5) is 12.2. The maximum absolute atomic E-state index is 12.5. The molecule has 148 valence electrons. The molecular weight excluding hydrogens is 380 g/mol. The third kappa shape index (κ3) is 5.22. The number of carbonyl (C=O) groups excluding carboxylic acids is 1. The van der Waals surface area contributed by atoms with Crippen molar-refractivity contribution in [2.24, 2.45) is 0 Å². The predicted molar refractivity (Wildman–Crippen MR) is 107 cm³/mol. The zero-order valence-corrected chi connectivity index (χ0v) is 16.7. The Labute approximate surface area is 164 Å². The number of rotatable bonds is 8. The van der Waals surface area contributed by atoms with Crippen molar-refractivity contribution in [1.82, 2.24) is 4.31 Å². The number of sulfonamides is 1. The molecule has 0 fully saturated rings. The summed E-state index contributed by atoms with van der Waals surface area (Å²) in [6, 6.07) is 13.2. The number of amides is 1. The van der Waals surface area contributed by atoms with E-state index >= 15 is 0 Å². The predicted octanol–water partition coefficient (Wildman–Crippen LogP) is 2.26. The fraction of sp³-hybridized carbons (Fsp3) is 0.263. The fourth-order valence-corrected chi connectivity index (χ4v) is 3.40. The largest absolute Gasteiger partial charge is 0.492 e. The molecule has 0 aliphatic rings. The van der Waals surface area contributed by atoms with E-state index in [1.165, 1.54) is 20.2 Å². The van der Waals surface area contributed by atoms with Gasteiger partial charge in [0.15, 0.2) is 0 Å². The van der Waals surface area contributed by atoms with Crippen molar-refractivity contribution in [2.45, 2.75) is 11.8 Å². The maximum atomic E-state index is 12.5. The van der Waals surface area contributed by atoms with Gasteiger partial charge < -0.3 is 15.4 Å². The Kier molecular flexibility index (Phi) is 6.98. The van der Waals surface area contributed by atoms with Gasteiger partial charge in [-0.15, -0.1) is 0 Å². The molecule has 0 aromatic heterocycles. The molecule has 0 radical (unpaired) electrons. The van der Waals surface area contributed by atoms with Gasteiger partial charge >= 0.3 is 0 Å². The Morgan fingerprint density at radius 2 is 1.93 bits per heavy atom. The zero-order valence-electron chi connectivity index (χ0n) is 15.9. The lowest BCUT2D eigenvalue weighted by atomic mass is 10.2. The van der Waals surface area contributed by atoms with Gasteiger partial charge in [-0.25, -0.2) is 12.7 Å². The first-order chi connectivity index (χ1) is 13.3. The van der Waals surface area contributed by atoms with Crippen LogP contribution in [0.25, 0.3) is 0 Å². The second kappa shape index (κ2) is 9.21. The van der Waals surface area contributed by atoms with Gasteiger partial charge in [-0.05, 0) is 43.3 Å². The van der Waals surface area contributed by atoms with Crippen LogP contribution in [0, 0.1) is 11.3 Å². The van der Waals surface area contributed by atoms with Crippen LogP contribution in [0.4, 0.5) is 11.4 Å². The molecule has 0 atom stereocenters. The summed E-state index contributed by atoms with van der Waals surface area (Å²) >= 11 is 0. The molecule has 0 aliphatic heterocycles. The third-order valence-electron chi connectivity index (χ3n) is 3.73. The Bertz CT molecular complexity index is 997. The van der Waals surface area contributed by atoms with Crippen LogP contribution in [-0.4, -0.2) is 45.9 Å². The summed E-state index contributed by atoms with van der Waals surface area (Å²) in [6.07, 6.45) is 0. The van der Waals surface area contributed by atoms with Crippen molar-refractivity contribution in [1.29, 1.82) is 5.26 Å². The fourth-order valence-electron chi connectivity index (χ4n) is 2.35. The van der Waals surface area contributed by atoms with Gasteiger partial charge in [-0.1, -0.05) is 6.07 Å². The van der Waals surface area contributed by atoms with E-state index in [1.807, 2.05) is 6.07 Å². The standard InChI is InChI=1S/C19H22N4O4S/c1-4-27-17-9-8-15(11-18(17)28(25,26)23(2)3)21-13-19(24)22-16-7-5-6-14(10-16)12-20/h5-11,21H,4,13H2,1-3H3,(H,22,24). The average Bonchev–Trinajstić information content (AvgIpc) is 2.67. The quantitative estimate of drug-likeness (QED) is 0.701. The number of anilines is 2. The first-order valence-corrected chi connectivity index (χ1v) is 9.95. The molecule has 2 aromatic carbocycles. The number of benzene rings is 2. The summed E-state index contributed by atoms with van der Waals surface area (Å²) in [5, 5.41) is 14.5. The van der Waals surface area contributed by atoms with Crippen molar-refractivity contribution in [2.75, 3.05) is 37.9 Å². The van der Waals surface area contributed by atoms with Gasteiger partial charge in [0, 0.05) is 25.5 Å². The van der Waals surface area contributed by atoms with Crippen molar-refractivity contribution >= 4 is 27.3 Å². The summed E-state index contributed by atoms with van der Waals surface area (Å²) < 4.78 is 31.6. The molecule has 8 nitrogen and oxygen atoms in total. The number of nitrogens with one attached hydrogen (secondary N) is 2. The lowest BCUT2D eigenvalue weighted by molar-refractivity contribution is -0.114. The molecule has 9 heteroatoms. The monoisotopic (exact) mass is 402 g/mol. The van der Waals surface area contributed by atoms with Crippen molar-refractivity contribution in [3.8, 4) is 11.8 Å². The van der Waals surface area contributed by atoms with E-state index < -0.39 is 10.0 Å². The summed E-state index contributed by atoms with van der Waals surface area (Å²) in [5.74, 6) is -0.0829. The normalized spacial score (nSPS) is 11.0. The average molecular weight is 402 g/mol. The third-order valence-corrected chi connectivity index (χ3v) is 5.57. The number of hydrogen-bond acceptors (Lipinski definition) is 6. The Hall–Kier alpha value is -3.09. The van der Waals surface area contributed by atoms with Crippen LogP contribution in [0.3, 0.4) is 0 Å². The number of nitriles is 1. The highest BCUT2D eigenvalue weighted by Gasteiger charge is 2.23. The molecule has 0 bridgehead atoms. The summed E-state index contributed by atoms with van der Waals surface area (Å²) in [6.45, 7) is 2.02. The van der Waals surface area contributed by atoms with Crippen LogP contribution in [-0.2, 0) is 14.8 Å². The van der Waals surface area contributed by atoms with Crippen LogP contribution < -0.4 is 15.4 Å². The van der Waals surface area contributed by atoms with Crippen LogP contribution in [0.5, 0.6) is 5.75 Å². The number of carbonyl (C=O) groups is 1. The molecule has 0 saturated heterocycles. The van der Waals surface area contributed by atoms with Crippen molar-refractivity contribution in [3.05, 3.63) is 48.0 Å². The lowest BCUT2D eigenvalue weighted by Crippen LogP contribution is -2.24. The molecule has 0 heterocycles. The van der Waals surface area contributed by atoms with Crippen LogP contribution in [0.15, 0.2) is 47.4 Å². The topological polar surface area (TPSA) is 112 Å². The molecular formula is C19H22N4O4S. The molecule has 0 aliphatic carbocycles. The minimum absolute atomic E-state index is 0.0199.